The van der Waals surface area contributed by atoms with E-state index in [4.69, 9.17) is 5.84 Å². The number of nitrogens with zero attached hydrogens (tertiary/aromatic N) is 2. The van der Waals surface area contributed by atoms with E-state index < -0.39 is 0 Å². The van der Waals surface area contributed by atoms with E-state index in [-0.39, 0.29) is 12.5 Å². The molecule has 6 heteroatoms. The Morgan fingerprint density at radius 1 is 1.91 bits per heavy atom. The second-order valence-electron chi connectivity index (χ2n) is 1.92. The van der Waals surface area contributed by atoms with E-state index in [1.54, 1.807) is 12.4 Å². The lowest BCUT2D eigenvalue weighted by Crippen LogP contribution is -2.33. The van der Waals surface area contributed by atoms with Gasteiger partial charge in [0.15, 0.2) is 0 Å². The number of hydrogen-bond donors (Lipinski definition) is 2. The average Bonchev–Trinajstić information content (AvgIpc) is 2.35. The molecule has 0 radical (unpaired) electrons. The van der Waals surface area contributed by atoms with Crippen LogP contribution in [0.1, 0.15) is 0 Å². The Kier molecular flexibility index (Phi) is 2.83. The van der Waals surface area contributed by atoms with Gasteiger partial charge in [-0.15, -0.1) is 0 Å². The highest BCUT2D eigenvalue weighted by molar-refractivity contribution is 14.1. The molecular weight excluding hydrogens is 259 g/mol. The number of rotatable bonds is 2. The first-order chi connectivity index (χ1) is 5.22. The van der Waals surface area contributed by atoms with Crippen LogP contribution in [0.25, 0.3) is 0 Å². The van der Waals surface area contributed by atoms with Crippen molar-refractivity contribution in [2.24, 2.45) is 5.84 Å². The summed E-state index contributed by atoms with van der Waals surface area (Å²) in [5, 5.41) is 3.90. The number of hydrogen-bond acceptors (Lipinski definition) is 3. The number of nitrogens with two attached hydrogens (primary N) is 1. The van der Waals surface area contributed by atoms with Crippen molar-refractivity contribution in [3.63, 3.8) is 0 Å². The van der Waals surface area contributed by atoms with E-state index in [0.717, 1.165) is 3.57 Å². The molecule has 1 aromatic heterocycles. The van der Waals surface area contributed by atoms with Crippen LogP contribution < -0.4 is 11.3 Å². The molecule has 1 amide bonds. The Morgan fingerprint density at radius 3 is 3.09 bits per heavy atom. The molecule has 5 nitrogen and oxygen atoms in total. The van der Waals surface area contributed by atoms with Gasteiger partial charge in [0.05, 0.1) is 9.77 Å². The maximum Gasteiger partial charge on any atom is 0.255 e. The second-order valence-corrected chi connectivity index (χ2v) is 3.17. The van der Waals surface area contributed by atoms with Crippen molar-refractivity contribution in [2.45, 2.75) is 6.54 Å². The van der Waals surface area contributed by atoms with Crippen LogP contribution in [-0.4, -0.2) is 15.7 Å². The fraction of sp³-hybridized carbons (Fsp3) is 0.200. The van der Waals surface area contributed by atoms with Crippen LogP contribution in [0.5, 0.6) is 0 Å². The molecule has 0 unspecified atom stereocenters. The summed E-state index contributed by atoms with van der Waals surface area (Å²) < 4.78 is 2.51. The average molecular weight is 266 g/mol. The third kappa shape index (κ3) is 2.46. The third-order valence-corrected chi connectivity index (χ3v) is 1.63. The maximum atomic E-state index is 10.7. The number of amides is 1. The van der Waals surface area contributed by atoms with Crippen molar-refractivity contribution in [1.29, 1.82) is 0 Å². The molecule has 0 saturated carbocycles. The zero-order valence-corrected chi connectivity index (χ0v) is 7.78. The molecule has 0 atom stereocenters. The molecule has 60 valence electrons. The summed E-state index contributed by atoms with van der Waals surface area (Å²) in [6.45, 7) is 0.166. The first-order valence-electron chi connectivity index (χ1n) is 2.90. The smallest absolute Gasteiger partial charge is 0.255 e. The Morgan fingerprint density at radius 2 is 2.64 bits per heavy atom. The molecule has 0 aliphatic carbocycles. The van der Waals surface area contributed by atoms with Crippen LogP contribution in [0.4, 0.5) is 0 Å². The van der Waals surface area contributed by atoms with E-state index in [9.17, 15) is 4.79 Å². The molecule has 0 bridgehead atoms. The molecule has 0 aliphatic rings. The van der Waals surface area contributed by atoms with Crippen LogP contribution in [0.3, 0.4) is 0 Å². The number of carbonyl (C=O) groups is 1. The molecule has 1 heterocycles. The topological polar surface area (TPSA) is 72.9 Å². The predicted octanol–water partition coefficient (Wildman–Crippen LogP) is -0.522. The quantitative estimate of drug-likeness (QED) is 0.327. The van der Waals surface area contributed by atoms with Crippen LogP contribution in [0.15, 0.2) is 12.4 Å². The van der Waals surface area contributed by atoms with Gasteiger partial charge in [-0.25, -0.2) is 5.84 Å². The molecule has 0 aliphatic heterocycles. The molecule has 1 aromatic rings. The Labute approximate surface area is 77.1 Å². The summed E-state index contributed by atoms with van der Waals surface area (Å²) in [4.78, 5) is 10.7. The SMILES string of the molecule is NNC(=O)Cn1cc(I)cn1. The van der Waals surface area contributed by atoms with Gasteiger partial charge in [-0.3, -0.25) is 14.9 Å². The van der Waals surface area contributed by atoms with Gasteiger partial charge >= 0.3 is 0 Å². The predicted molar refractivity (Wildman–Crippen MR) is 47.3 cm³/mol. The molecule has 1 rings (SSSR count). The Bertz CT molecular complexity index is 259. The van der Waals surface area contributed by atoms with Crippen molar-refractivity contribution in [1.82, 2.24) is 15.2 Å². The lowest BCUT2D eigenvalue weighted by molar-refractivity contribution is -0.121. The van der Waals surface area contributed by atoms with E-state index in [0.29, 0.717) is 0 Å². The number of halogens is 1. The van der Waals surface area contributed by atoms with Crippen molar-refractivity contribution in [3.05, 3.63) is 16.0 Å². The largest absolute Gasteiger partial charge is 0.293 e. The molecule has 0 fully saturated rings. The number of aromatic nitrogens is 2. The maximum absolute atomic E-state index is 10.7. The lowest BCUT2D eigenvalue weighted by atomic mass is 10.6. The van der Waals surface area contributed by atoms with Crippen LogP contribution >= 0.6 is 22.6 Å². The van der Waals surface area contributed by atoms with Crippen LogP contribution in [0, 0.1) is 3.57 Å². The van der Waals surface area contributed by atoms with Gasteiger partial charge < -0.3 is 0 Å². The minimum Gasteiger partial charge on any atom is -0.293 e. The van der Waals surface area contributed by atoms with Crippen molar-refractivity contribution < 1.29 is 4.79 Å². The normalized spacial score (nSPS) is 9.64. The van der Waals surface area contributed by atoms with Crippen molar-refractivity contribution in [3.8, 4) is 0 Å². The van der Waals surface area contributed by atoms with Gasteiger partial charge in [0.1, 0.15) is 6.54 Å². The minimum absolute atomic E-state index is 0.166. The van der Waals surface area contributed by atoms with Gasteiger partial charge in [0.2, 0.25) is 0 Å². The summed E-state index contributed by atoms with van der Waals surface area (Å²) in [7, 11) is 0. The van der Waals surface area contributed by atoms with Crippen molar-refractivity contribution >= 4 is 28.5 Å². The molecular formula is C5H7IN4O. The fourth-order valence-electron chi connectivity index (χ4n) is 0.618. The van der Waals surface area contributed by atoms with Gasteiger partial charge in [0, 0.05) is 6.20 Å². The molecule has 0 aromatic carbocycles. The number of hydrazine groups is 1. The standard InChI is InChI=1S/C5H7IN4O/c6-4-1-8-10(2-4)3-5(11)9-7/h1-2H,3,7H2,(H,9,11). The second kappa shape index (κ2) is 3.67. The van der Waals surface area contributed by atoms with Gasteiger partial charge in [-0.1, -0.05) is 0 Å². The zero-order valence-electron chi connectivity index (χ0n) is 5.62. The molecule has 0 saturated heterocycles. The monoisotopic (exact) mass is 266 g/mol. The van der Waals surface area contributed by atoms with E-state index in [1.165, 1.54) is 4.68 Å². The zero-order chi connectivity index (χ0) is 8.27. The van der Waals surface area contributed by atoms with Gasteiger partial charge in [-0.05, 0) is 22.6 Å². The van der Waals surface area contributed by atoms with Crippen LogP contribution in [0.2, 0.25) is 0 Å². The highest BCUT2D eigenvalue weighted by Crippen LogP contribution is 2.00. The number of nitrogens with one attached hydrogen (secondary N) is 1. The Hall–Kier alpha value is -0.630. The van der Waals surface area contributed by atoms with E-state index in [2.05, 4.69) is 27.7 Å². The van der Waals surface area contributed by atoms with Gasteiger partial charge in [0.25, 0.3) is 5.91 Å². The van der Waals surface area contributed by atoms with E-state index >= 15 is 0 Å². The Balaban J connectivity index is 2.57. The van der Waals surface area contributed by atoms with Crippen molar-refractivity contribution in [2.75, 3.05) is 0 Å². The minimum atomic E-state index is -0.260. The summed E-state index contributed by atoms with van der Waals surface area (Å²) in [5.41, 5.74) is 2.02. The van der Waals surface area contributed by atoms with E-state index in [1.807, 2.05) is 5.43 Å². The first kappa shape index (κ1) is 8.47. The van der Waals surface area contributed by atoms with Gasteiger partial charge in [-0.2, -0.15) is 5.10 Å². The lowest BCUT2D eigenvalue weighted by Gasteiger charge is -1.97. The fourth-order valence-corrected chi connectivity index (χ4v) is 1.06. The first-order valence-corrected chi connectivity index (χ1v) is 3.97. The molecule has 11 heavy (non-hydrogen) atoms. The van der Waals surface area contributed by atoms with Crippen LogP contribution in [-0.2, 0) is 11.3 Å². The number of carbonyl (C=O) groups excluding carboxylic acids is 1. The third-order valence-electron chi connectivity index (χ3n) is 1.07. The summed E-state index contributed by atoms with van der Waals surface area (Å²) in [6, 6.07) is 0. The molecule has 3 N–H and O–H groups in total. The summed E-state index contributed by atoms with van der Waals surface area (Å²) in [5.74, 6) is 4.62. The summed E-state index contributed by atoms with van der Waals surface area (Å²) in [6.07, 6.45) is 3.43. The molecule has 0 spiro atoms. The highest BCUT2D eigenvalue weighted by atomic mass is 127. The summed E-state index contributed by atoms with van der Waals surface area (Å²) >= 11 is 2.11. The highest BCUT2D eigenvalue weighted by Gasteiger charge is 2.00.